The second-order valence-corrected chi connectivity index (χ2v) is 18.7. The minimum atomic E-state index is -0.00974. The van der Waals surface area contributed by atoms with E-state index in [0.717, 1.165) is 53.3 Å². The fourth-order valence-corrected chi connectivity index (χ4v) is 12.2. The zero-order valence-corrected chi connectivity index (χ0v) is 36.6. The summed E-state index contributed by atoms with van der Waals surface area (Å²) in [5, 5.41) is 5.34. The lowest BCUT2D eigenvalue weighted by molar-refractivity contribution is 0.620. The topological polar surface area (TPSA) is 34.6 Å². The number of thioether (sulfide) groups is 1. The number of nitrogens with zero attached hydrogens (tertiary/aromatic N) is 4. The lowest BCUT2D eigenvalue weighted by Crippen LogP contribution is -2.13. The molecule has 5 heteroatoms. The van der Waals surface area contributed by atoms with E-state index in [9.17, 15) is 0 Å². The molecule has 3 aliphatic rings. The summed E-state index contributed by atoms with van der Waals surface area (Å²) in [7, 11) is 0. The number of rotatable bonds is 6. The third kappa shape index (κ3) is 6.36. The average molecular weight is 853 g/mol. The number of benzene rings is 8. The molecule has 0 bridgehead atoms. The van der Waals surface area contributed by atoms with Gasteiger partial charge < -0.3 is 9.13 Å². The summed E-state index contributed by atoms with van der Waals surface area (Å²) in [5.74, 6) is 1.13. The summed E-state index contributed by atoms with van der Waals surface area (Å²) in [5.41, 5.74) is 15.7. The van der Waals surface area contributed by atoms with Crippen molar-refractivity contribution in [2.45, 2.75) is 41.4 Å². The van der Waals surface area contributed by atoms with Gasteiger partial charge in [-0.05, 0) is 102 Å². The molecule has 13 rings (SSSR count). The Bertz CT molecular complexity index is 3590. The molecule has 2 unspecified atom stereocenters. The lowest BCUT2D eigenvalue weighted by atomic mass is 9.81. The molecule has 4 heterocycles. The fourth-order valence-electron chi connectivity index (χ4n) is 10.8. The summed E-state index contributed by atoms with van der Waals surface area (Å²) >= 11 is 2.00. The van der Waals surface area contributed by atoms with Gasteiger partial charge in [-0.15, -0.1) is 11.8 Å². The Morgan fingerprint density at radius 1 is 0.523 bits per heavy atom. The second kappa shape index (κ2) is 15.7. The summed E-state index contributed by atoms with van der Waals surface area (Å²) < 4.78 is 4.91. The first-order valence-corrected chi connectivity index (χ1v) is 23.7. The van der Waals surface area contributed by atoms with Gasteiger partial charge in [0.05, 0.1) is 33.8 Å². The van der Waals surface area contributed by atoms with Gasteiger partial charge in [-0.2, -0.15) is 0 Å². The number of aromatic nitrogens is 2. The van der Waals surface area contributed by atoms with Gasteiger partial charge in [-0.1, -0.05) is 158 Å². The molecule has 2 aliphatic heterocycles. The largest absolute Gasteiger partial charge is 0.307 e. The number of allylic oxidation sites excluding steroid dienone is 3. The first-order valence-electron chi connectivity index (χ1n) is 22.8. The van der Waals surface area contributed by atoms with Crippen molar-refractivity contribution < 1.29 is 0 Å². The molecule has 0 spiro atoms. The standard InChI is InChI=1S/C60H44N4S/c1-4-16-39(17-5-1)45-24-14-29-55-57(45)50-35-32-42(38-56(50)65-55)52-26-15-25-51(40-18-6-2-7-19-40)61-60(62-52)41-30-33-44(34-31-41)64-54-28-13-11-23-47(54)49-37-36-48-46-22-10-12-27-53(46)63(58(48)59(49)64)43-20-8-3-9-21-43/h1-14,16-24,27-38,52,55,57H,15,25-26H2/t52?,55-,57?/m1/s1. The third-order valence-electron chi connectivity index (χ3n) is 13.8. The molecule has 10 aromatic rings. The van der Waals surface area contributed by atoms with Crippen molar-refractivity contribution in [3.05, 3.63) is 240 Å². The molecule has 2 aromatic heterocycles. The lowest BCUT2D eigenvalue weighted by Gasteiger charge is -2.24. The molecule has 0 saturated heterocycles. The van der Waals surface area contributed by atoms with Crippen LogP contribution in [0.5, 0.6) is 0 Å². The van der Waals surface area contributed by atoms with Crippen LogP contribution in [0, 0.1) is 0 Å². The minimum Gasteiger partial charge on any atom is -0.307 e. The molecule has 4 nitrogen and oxygen atoms in total. The second-order valence-electron chi connectivity index (χ2n) is 17.5. The molecule has 8 aromatic carbocycles. The van der Waals surface area contributed by atoms with Crippen molar-refractivity contribution in [2.24, 2.45) is 9.98 Å². The molecule has 310 valence electrons. The van der Waals surface area contributed by atoms with E-state index in [1.54, 1.807) is 0 Å². The molecule has 0 amide bonds. The number of hydrogen-bond acceptors (Lipinski definition) is 3. The van der Waals surface area contributed by atoms with Crippen molar-refractivity contribution in [3.63, 3.8) is 0 Å². The Labute approximate surface area is 382 Å². The maximum Gasteiger partial charge on any atom is 0.155 e. The van der Waals surface area contributed by atoms with Gasteiger partial charge in [-0.25, -0.2) is 4.99 Å². The first kappa shape index (κ1) is 38.0. The number of amidine groups is 1. The van der Waals surface area contributed by atoms with Crippen LogP contribution in [0.15, 0.2) is 227 Å². The molecular weight excluding hydrogens is 809 g/mol. The number of hydrogen-bond donors (Lipinski definition) is 0. The van der Waals surface area contributed by atoms with Gasteiger partial charge in [0.25, 0.3) is 0 Å². The minimum absolute atomic E-state index is 0.00974. The zero-order chi connectivity index (χ0) is 42.8. The van der Waals surface area contributed by atoms with Crippen LogP contribution in [-0.2, 0) is 0 Å². The van der Waals surface area contributed by atoms with E-state index in [4.69, 9.17) is 9.98 Å². The molecule has 1 aliphatic carbocycles. The van der Waals surface area contributed by atoms with E-state index in [1.807, 2.05) is 11.8 Å². The number of para-hydroxylation sites is 3. The summed E-state index contributed by atoms with van der Waals surface area (Å²) in [6.45, 7) is 0. The highest BCUT2D eigenvalue weighted by Crippen LogP contribution is 2.54. The first-order chi connectivity index (χ1) is 32.2. The summed E-state index contributed by atoms with van der Waals surface area (Å²) in [6.07, 6.45) is 9.78. The quantitative estimate of drug-likeness (QED) is 0.164. The van der Waals surface area contributed by atoms with E-state index in [1.165, 1.54) is 70.8 Å². The Kier molecular flexibility index (Phi) is 9.16. The molecule has 3 atom stereocenters. The zero-order valence-electron chi connectivity index (χ0n) is 35.8. The molecule has 0 N–H and O–H groups in total. The summed E-state index contributed by atoms with van der Waals surface area (Å²) in [4.78, 5) is 12.5. The highest BCUT2D eigenvalue weighted by atomic mass is 32.2. The van der Waals surface area contributed by atoms with E-state index in [2.05, 4.69) is 221 Å². The Balaban J connectivity index is 0.943. The van der Waals surface area contributed by atoms with Gasteiger partial charge in [0.15, 0.2) is 5.84 Å². The van der Waals surface area contributed by atoms with Crippen molar-refractivity contribution in [3.8, 4) is 11.4 Å². The Morgan fingerprint density at radius 3 is 1.80 bits per heavy atom. The maximum absolute atomic E-state index is 5.62. The van der Waals surface area contributed by atoms with E-state index < -0.39 is 0 Å². The molecule has 65 heavy (non-hydrogen) atoms. The summed E-state index contributed by atoms with van der Waals surface area (Å²) in [6, 6.07) is 70.7. The third-order valence-corrected chi connectivity index (χ3v) is 15.1. The van der Waals surface area contributed by atoms with Crippen molar-refractivity contribution >= 4 is 72.5 Å². The van der Waals surface area contributed by atoms with Gasteiger partial charge in [0, 0.05) is 54.5 Å². The highest BCUT2D eigenvalue weighted by molar-refractivity contribution is 8.00. The van der Waals surface area contributed by atoms with E-state index in [-0.39, 0.29) is 6.04 Å². The van der Waals surface area contributed by atoms with Crippen LogP contribution in [0.1, 0.15) is 59.0 Å². The normalized spacial score (nSPS) is 18.3. The SMILES string of the molecule is C1=C[C@H]2Sc3cc(C4CCCC(c5ccccc5)=NC(c5ccc(-n6c7ccccc7c7ccc8c9ccccc9n(-c9ccccc9)c8c76)cc5)=N4)ccc3C2C(c2ccccc2)=C1. The Morgan fingerprint density at radius 2 is 1.12 bits per heavy atom. The van der Waals surface area contributed by atoms with Gasteiger partial charge >= 0.3 is 0 Å². The van der Waals surface area contributed by atoms with Crippen molar-refractivity contribution in [2.75, 3.05) is 0 Å². The van der Waals surface area contributed by atoms with Gasteiger partial charge in [0.1, 0.15) is 0 Å². The number of aliphatic imine (C=N–C) groups is 2. The molecule has 0 saturated carbocycles. The van der Waals surface area contributed by atoms with E-state index >= 15 is 0 Å². The number of fused-ring (bicyclic) bond motifs is 10. The average Bonchev–Trinajstić information content (AvgIpc) is 4.03. The predicted molar refractivity (Wildman–Crippen MR) is 274 cm³/mol. The molecule has 0 radical (unpaired) electrons. The van der Waals surface area contributed by atoms with Crippen LogP contribution < -0.4 is 0 Å². The molecular formula is C60H44N4S. The van der Waals surface area contributed by atoms with Crippen LogP contribution in [-0.4, -0.2) is 25.9 Å². The maximum atomic E-state index is 5.62. The van der Waals surface area contributed by atoms with E-state index in [0.29, 0.717) is 11.2 Å². The monoisotopic (exact) mass is 852 g/mol. The van der Waals surface area contributed by atoms with Crippen LogP contribution >= 0.6 is 11.8 Å². The van der Waals surface area contributed by atoms with Gasteiger partial charge in [-0.3, -0.25) is 4.99 Å². The van der Waals surface area contributed by atoms with Crippen LogP contribution in [0.25, 0.3) is 60.6 Å². The van der Waals surface area contributed by atoms with Crippen molar-refractivity contribution in [1.82, 2.24) is 9.13 Å². The van der Waals surface area contributed by atoms with Crippen molar-refractivity contribution in [1.29, 1.82) is 0 Å². The smallest absolute Gasteiger partial charge is 0.155 e. The Hall–Kier alpha value is -7.47. The predicted octanol–water partition coefficient (Wildman–Crippen LogP) is 15.3. The fraction of sp³-hybridized carbons (Fsp3) is 0.100. The van der Waals surface area contributed by atoms with Crippen LogP contribution in [0.4, 0.5) is 0 Å². The molecule has 0 fully saturated rings. The van der Waals surface area contributed by atoms with Crippen LogP contribution in [0.2, 0.25) is 0 Å². The van der Waals surface area contributed by atoms with Crippen LogP contribution in [0.3, 0.4) is 0 Å². The van der Waals surface area contributed by atoms with Gasteiger partial charge in [0.2, 0.25) is 0 Å². The highest BCUT2D eigenvalue weighted by Gasteiger charge is 2.36.